The third-order valence-electron chi connectivity index (χ3n) is 11.3. The van der Waals surface area contributed by atoms with Crippen LogP contribution in [0.1, 0.15) is 239 Å². The summed E-state index contributed by atoms with van der Waals surface area (Å²) in [6, 6.07) is 0. The highest BCUT2D eigenvalue weighted by Crippen LogP contribution is 2.13. The number of carbonyl (C=O) groups is 3. The van der Waals surface area contributed by atoms with Crippen molar-refractivity contribution in [2.24, 2.45) is 0 Å². The SMILES string of the molecule is CC/C=C\C/C=C\C/C=C\C/C=C\CCCCCCCCC(=O)OCC(COC(=O)CCCC/C=C\C/C=C\C/C=C\CC)OC(=O)CCCCCCC/C=C\C=C/CCCCCCCCC. The molecule has 0 heterocycles. The van der Waals surface area contributed by atoms with Crippen LogP contribution in [-0.4, -0.2) is 37.2 Å². The molecular weight excluding hydrogens is 829 g/mol. The molecule has 0 amide bonds. The van der Waals surface area contributed by atoms with Crippen molar-refractivity contribution < 1.29 is 28.6 Å². The van der Waals surface area contributed by atoms with Crippen LogP contribution in [0.25, 0.3) is 0 Å². The summed E-state index contributed by atoms with van der Waals surface area (Å²) in [6.45, 7) is 6.34. The molecule has 1 unspecified atom stereocenters. The van der Waals surface area contributed by atoms with Crippen LogP contribution in [0.3, 0.4) is 0 Å². The van der Waals surface area contributed by atoms with Crippen LogP contribution in [-0.2, 0) is 28.6 Å². The molecule has 6 heteroatoms. The Morgan fingerprint density at radius 1 is 0.328 bits per heavy atom. The molecule has 0 saturated carbocycles. The van der Waals surface area contributed by atoms with Gasteiger partial charge in [0.25, 0.3) is 0 Å². The first-order valence-corrected chi connectivity index (χ1v) is 27.4. The van der Waals surface area contributed by atoms with Gasteiger partial charge in [0.2, 0.25) is 0 Å². The van der Waals surface area contributed by atoms with Gasteiger partial charge < -0.3 is 14.2 Å². The quantitative estimate of drug-likeness (QED) is 0.0199. The number of ether oxygens (including phenoxy) is 3. The molecule has 0 aromatic rings. The maximum atomic E-state index is 12.8. The molecule has 0 fully saturated rings. The Morgan fingerprint density at radius 3 is 1.03 bits per heavy atom. The number of hydrogen-bond acceptors (Lipinski definition) is 6. The van der Waals surface area contributed by atoms with Crippen molar-refractivity contribution in [2.45, 2.75) is 245 Å². The van der Waals surface area contributed by atoms with Gasteiger partial charge in [0, 0.05) is 19.3 Å². The van der Waals surface area contributed by atoms with Crippen LogP contribution in [0.2, 0.25) is 0 Å². The fraction of sp³-hybridized carbons (Fsp3) is 0.656. The van der Waals surface area contributed by atoms with Crippen LogP contribution in [0.15, 0.2) is 109 Å². The van der Waals surface area contributed by atoms with Crippen LogP contribution in [0.4, 0.5) is 0 Å². The summed E-state index contributed by atoms with van der Waals surface area (Å²) in [7, 11) is 0. The summed E-state index contributed by atoms with van der Waals surface area (Å²) < 4.78 is 16.8. The third-order valence-corrected chi connectivity index (χ3v) is 11.3. The first-order valence-electron chi connectivity index (χ1n) is 27.4. The first-order chi connectivity index (χ1) is 33.0. The van der Waals surface area contributed by atoms with Gasteiger partial charge in [-0.15, -0.1) is 0 Å². The molecule has 0 rings (SSSR count). The largest absolute Gasteiger partial charge is 0.462 e. The predicted octanol–water partition coefficient (Wildman–Crippen LogP) is 18.3. The third kappa shape index (κ3) is 52.9. The number of esters is 3. The number of hydrogen-bond donors (Lipinski definition) is 0. The average Bonchev–Trinajstić information content (AvgIpc) is 3.33. The second-order valence-corrected chi connectivity index (χ2v) is 17.8. The van der Waals surface area contributed by atoms with E-state index in [1.165, 1.54) is 64.2 Å². The zero-order valence-corrected chi connectivity index (χ0v) is 43.4. The number of rotatable bonds is 48. The molecule has 0 N–H and O–H groups in total. The Bertz CT molecular complexity index is 1390. The van der Waals surface area contributed by atoms with Gasteiger partial charge in [0.15, 0.2) is 6.10 Å². The molecule has 0 aliphatic rings. The summed E-state index contributed by atoms with van der Waals surface area (Å²) in [5.74, 6) is -0.977. The number of allylic oxidation sites excluding steroid dienone is 18. The maximum Gasteiger partial charge on any atom is 0.306 e. The van der Waals surface area contributed by atoms with E-state index in [2.05, 4.69) is 130 Å². The van der Waals surface area contributed by atoms with Gasteiger partial charge in [-0.1, -0.05) is 214 Å². The van der Waals surface area contributed by atoms with E-state index in [0.29, 0.717) is 19.3 Å². The Morgan fingerprint density at radius 2 is 0.627 bits per heavy atom. The van der Waals surface area contributed by atoms with E-state index in [4.69, 9.17) is 14.2 Å². The van der Waals surface area contributed by atoms with Gasteiger partial charge in [-0.3, -0.25) is 14.4 Å². The second-order valence-electron chi connectivity index (χ2n) is 17.8. The van der Waals surface area contributed by atoms with E-state index in [1.54, 1.807) is 0 Å². The molecule has 0 aliphatic heterocycles. The van der Waals surface area contributed by atoms with Crippen molar-refractivity contribution in [1.29, 1.82) is 0 Å². The molecule has 0 saturated heterocycles. The summed E-state index contributed by atoms with van der Waals surface area (Å²) in [5.41, 5.74) is 0. The minimum atomic E-state index is -0.810. The molecule has 0 radical (unpaired) electrons. The highest BCUT2D eigenvalue weighted by atomic mass is 16.6. The Hall–Kier alpha value is -3.93. The molecule has 1 atom stereocenters. The van der Waals surface area contributed by atoms with E-state index in [-0.39, 0.29) is 31.1 Å². The topological polar surface area (TPSA) is 78.9 Å². The van der Waals surface area contributed by atoms with Crippen molar-refractivity contribution in [3.8, 4) is 0 Å². The molecule has 6 nitrogen and oxygen atoms in total. The minimum absolute atomic E-state index is 0.106. The summed E-state index contributed by atoms with van der Waals surface area (Å²) >= 11 is 0. The minimum Gasteiger partial charge on any atom is -0.462 e. The molecule has 380 valence electrons. The van der Waals surface area contributed by atoms with Gasteiger partial charge in [0.1, 0.15) is 13.2 Å². The Kier molecular flexibility index (Phi) is 51.5. The lowest BCUT2D eigenvalue weighted by atomic mass is 10.1. The summed E-state index contributed by atoms with van der Waals surface area (Å²) in [6.07, 6.45) is 73.6. The van der Waals surface area contributed by atoms with Crippen molar-refractivity contribution in [2.75, 3.05) is 13.2 Å². The van der Waals surface area contributed by atoms with Crippen molar-refractivity contribution >= 4 is 17.9 Å². The van der Waals surface area contributed by atoms with Crippen molar-refractivity contribution in [3.63, 3.8) is 0 Å². The van der Waals surface area contributed by atoms with Crippen molar-refractivity contribution in [1.82, 2.24) is 0 Å². The average molecular weight is 929 g/mol. The second kappa shape index (κ2) is 54.7. The van der Waals surface area contributed by atoms with Gasteiger partial charge in [-0.2, -0.15) is 0 Å². The smallest absolute Gasteiger partial charge is 0.306 e. The Balaban J connectivity index is 4.47. The first kappa shape index (κ1) is 63.1. The lowest BCUT2D eigenvalue weighted by Crippen LogP contribution is -2.30. The maximum absolute atomic E-state index is 12.8. The molecule has 0 aromatic carbocycles. The summed E-state index contributed by atoms with van der Waals surface area (Å²) in [4.78, 5) is 38.1. The van der Waals surface area contributed by atoms with Gasteiger partial charge in [0.05, 0.1) is 0 Å². The monoisotopic (exact) mass is 929 g/mol. The van der Waals surface area contributed by atoms with E-state index >= 15 is 0 Å². The van der Waals surface area contributed by atoms with E-state index < -0.39 is 6.10 Å². The lowest BCUT2D eigenvalue weighted by Gasteiger charge is -2.18. The van der Waals surface area contributed by atoms with Gasteiger partial charge in [-0.05, 0) is 116 Å². The molecule has 0 spiro atoms. The zero-order valence-electron chi connectivity index (χ0n) is 43.4. The van der Waals surface area contributed by atoms with E-state index in [9.17, 15) is 14.4 Å². The molecule has 0 aliphatic carbocycles. The lowest BCUT2D eigenvalue weighted by molar-refractivity contribution is -0.167. The van der Waals surface area contributed by atoms with Crippen LogP contribution in [0.5, 0.6) is 0 Å². The fourth-order valence-corrected chi connectivity index (χ4v) is 7.20. The highest BCUT2D eigenvalue weighted by Gasteiger charge is 2.19. The molecule has 0 aromatic heterocycles. The number of carbonyl (C=O) groups excluding carboxylic acids is 3. The molecule has 67 heavy (non-hydrogen) atoms. The van der Waals surface area contributed by atoms with Gasteiger partial charge in [-0.25, -0.2) is 0 Å². The zero-order chi connectivity index (χ0) is 48.6. The highest BCUT2D eigenvalue weighted by molar-refractivity contribution is 5.71. The van der Waals surface area contributed by atoms with Crippen molar-refractivity contribution in [3.05, 3.63) is 109 Å². The summed E-state index contributed by atoms with van der Waals surface area (Å²) in [5, 5.41) is 0. The standard InChI is InChI=1S/C61H100O6/c1-4-7-10-13-16-19-22-25-27-29-31-33-34-36-39-42-45-48-51-54-60(63)66-57-58(56-65-59(62)53-50-47-44-41-38-24-21-18-15-12-9-6-3)67-61(64)55-52-49-46-43-40-37-35-32-30-28-26-23-20-17-14-11-8-5-2/h7,9-10,12,16,18-19,21,25,27-28,30-33,35,38,41,58H,4-6,8,11,13-15,17,20,22-24,26,29,34,36-37,39-40,42-57H2,1-3H3/b10-7-,12-9-,19-16-,21-18-,27-25-,30-28-,33-31-,35-32-,41-38-. The van der Waals surface area contributed by atoms with E-state index in [1.807, 2.05) is 0 Å². The van der Waals surface area contributed by atoms with Crippen LogP contribution >= 0.6 is 0 Å². The van der Waals surface area contributed by atoms with Gasteiger partial charge >= 0.3 is 17.9 Å². The van der Waals surface area contributed by atoms with Crippen LogP contribution < -0.4 is 0 Å². The predicted molar refractivity (Wildman–Crippen MR) is 288 cm³/mol. The molecule has 0 bridgehead atoms. The van der Waals surface area contributed by atoms with Crippen LogP contribution in [0, 0.1) is 0 Å². The normalized spacial score (nSPS) is 12.9. The fourth-order valence-electron chi connectivity index (χ4n) is 7.20. The Labute approximate surface area is 412 Å². The molecular formula is C61H100O6. The van der Waals surface area contributed by atoms with E-state index in [0.717, 1.165) is 135 Å². The number of unbranched alkanes of at least 4 members (excludes halogenated alkanes) is 20.